The van der Waals surface area contributed by atoms with E-state index in [2.05, 4.69) is 20.1 Å². The summed E-state index contributed by atoms with van der Waals surface area (Å²) in [4.78, 5) is 0. The summed E-state index contributed by atoms with van der Waals surface area (Å²) in [5.74, 6) is 3.59. The minimum absolute atomic E-state index is 0.451. The molecule has 3 heterocycles. The van der Waals surface area contributed by atoms with Crippen LogP contribution in [0, 0.1) is 5.92 Å². The van der Waals surface area contributed by atoms with Gasteiger partial charge in [-0.25, -0.2) is 0 Å². The van der Waals surface area contributed by atoms with Crippen LogP contribution in [-0.4, -0.2) is 34.5 Å². The molecule has 0 bridgehead atoms. The molecule has 3 aliphatic rings. The molecule has 0 spiro atoms. The number of rotatable bonds is 2. The fraction of sp³-hybridized carbons (Fsp3) is 0.833. The van der Waals surface area contributed by atoms with Crippen LogP contribution in [-0.2, 0) is 11.3 Å². The number of fused-ring (bicyclic) bond motifs is 1. The van der Waals surface area contributed by atoms with Crippen LogP contribution in [0.5, 0.6) is 0 Å². The molecule has 1 aromatic rings. The van der Waals surface area contributed by atoms with E-state index in [4.69, 9.17) is 4.74 Å². The van der Waals surface area contributed by atoms with Gasteiger partial charge in [-0.2, -0.15) is 0 Å². The molecule has 0 radical (unpaired) electrons. The topological polar surface area (TPSA) is 52.0 Å². The van der Waals surface area contributed by atoms with E-state index in [-0.39, 0.29) is 0 Å². The van der Waals surface area contributed by atoms with Crippen molar-refractivity contribution in [3.8, 4) is 0 Å². The van der Waals surface area contributed by atoms with Crippen LogP contribution in [0.25, 0.3) is 0 Å². The molecule has 1 N–H and O–H groups in total. The minimum Gasteiger partial charge on any atom is -0.381 e. The van der Waals surface area contributed by atoms with Crippen LogP contribution in [0.15, 0.2) is 0 Å². The lowest BCUT2D eigenvalue weighted by Gasteiger charge is -2.25. The van der Waals surface area contributed by atoms with Gasteiger partial charge in [0.1, 0.15) is 5.82 Å². The van der Waals surface area contributed by atoms with E-state index >= 15 is 0 Å². The molecule has 2 aliphatic heterocycles. The number of nitrogens with zero attached hydrogens (tertiary/aromatic N) is 3. The molecule has 2 atom stereocenters. The molecule has 4 rings (SSSR count). The Morgan fingerprint density at radius 2 is 2.06 bits per heavy atom. The summed E-state index contributed by atoms with van der Waals surface area (Å²) >= 11 is 0. The van der Waals surface area contributed by atoms with E-state index < -0.39 is 0 Å². The summed E-state index contributed by atoms with van der Waals surface area (Å²) in [7, 11) is 0. The van der Waals surface area contributed by atoms with Gasteiger partial charge in [0.15, 0.2) is 5.82 Å². The maximum absolute atomic E-state index is 5.46. The first-order valence-electron chi connectivity index (χ1n) is 6.67. The zero-order chi connectivity index (χ0) is 11.2. The van der Waals surface area contributed by atoms with Gasteiger partial charge < -0.3 is 14.6 Å². The Morgan fingerprint density at radius 1 is 1.18 bits per heavy atom. The normalized spacial score (nSPS) is 32.7. The molecule has 1 aromatic heterocycles. The van der Waals surface area contributed by atoms with E-state index in [1.165, 1.54) is 18.7 Å². The first kappa shape index (κ1) is 10.0. The lowest BCUT2D eigenvalue weighted by atomic mass is 10.1. The monoisotopic (exact) mass is 234 g/mol. The highest BCUT2D eigenvalue weighted by molar-refractivity contribution is 5.11. The summed E-state index contributed by atoms with van der Waals surface area (Å²) in [6, 6.07) is 0.451. The standard InChI is InChI=1S/C12H18N4O/c1-2-8(1)10-12-15-14-11(9-3-6-17-7-9)16(12)5-4-13-10/h8-10,13H,1-7H2. The molecule has 5 heteroatoms. The average molecular weight is 234 g/mol. The SMILES string of the molecule is C1Cn2c(C3CCOC3)nnc2C(C2CC2)N1. The van der Waals surface area contributed by atoms with Crippen LogP contribution in [0.1, 0.15) is 42.9 Å². The fourth-order valence-corrected chi connectivity index (χ4v) is 3.06. The van der Waals surface area contributed by atoms with Crippen LogP contribution in [0.4, 0.5) is 0 Å². The quantitative estimate of drug-likeness (QED) is 0.823. The number of hydrogen-bond acceptors (Lipinski definition) is 4. The Kier molecular flexibility index (Phi) is 2.23. The summed E-state index contributed by atoms with van der Waals surface area (Å²) < 4.78 is 7.81. The predicted octanol–water partition coefficient (Wildman–Crippen LogP) is 0.836. The average Bonchev–Trinajstić information content (AvgIpc) is 2.90. The summed E-state index contributed by atoms with van der Waals surface area (Å²) in [5, 5.41) is 12.5. The van der Waals surface area contributed by atoms with Crippen molar-refractivity contribution in [2.45, 2.75) is 37.8 Å². The molecule has 17 heavy (non-hydrogen) atoms. The van der Waals surface area contributed by atoms with Crippen LogP contribution in [0.3, 0.4) is 0 Å². The van der Waals surface area contributed by atoms with Crippen molar-refractivity contribution in [1.82, 2.24) is 20.1 Å². The third-order valence-corrected chi connectivity index (χ3v) is 4.17. The number of ether oxygens (including phenoxy) is 1. The molecular weight excluding hydrogens is 216 g/mol. The van der Waals surface area contributed by atoms with Gasteiger partial charge in [-0.15, -0.1) is 10.2 Å². The van der Waals surface area contributed by atoms with Gasteiger partial charge in [0.25, 0.3) is 0 Å². The van der Waals surface area contributed by atoms with E-state index in [1.807, 2.05) is 0 Å². The van der Waals surface area contributed by atoms with E-state index in [9.17, 15) is 0 Å². The third kappa shape index (κ3) is 1.60. The van der Waals surface area contributed by atoms with Crippen LogP contribution < -0.4 is 5.32 Å². The molecule has 1 saturated heterocycles. The zero-order valence-corrected chi connectivity index (χ0v) is 9.93. The largest absolute Gasteiger partial charge is 0.381 e. The Morgan fingerprint density at radius 3 is 2.82 bits per heavy atom. The molecule has 1 saturated carbocycles. The summed E-state index contributed by atoms with van der Waals surface area (Å²) in [6.45, 7) is 3.75. The summed E-state index contributed by atoms with van der Waals surface area (Å²) in [6.07, 6.45) is 3.78. The first-order chi connectivity index (χ1) is 8.43. The van der Waals surface area contributed by atoms with E-state index in [1.54, 1.807) is 0 Å². The van der Waals surface area contributed by atoms with Crippen molar-refractivity contribution < 1.29 is 4.74 Å². The molecule has 92 valence electrons. The maximum Gasteiger partial charge on any atom is 0.150 e. The van der Waals surface area contributed by atoms with Crippen LogP contribution in [0.2, 0.25) is 0 Å². The van der Waals surface area contributed by atoms with Gasteiger partial charge in [0.2, 0.25) is 0 Å². The van der Waals surface area contributed by atoms with E-state index in [0.29, 0.717) is 12.0 Å². The molecular formula is C12H18N4O. The van der Waals surface area contributed by atoms with E-state index in [0.717, 1.165) is 44.5 Å². The van der Waals surface area contributed by atoms with Gasteiger partial charge in [-0.1, -0.05) is 0 Å². The zero-order valence-electron chi connectivity index (χ0n) is 9.93. The number of hydrogen-bond donors (Lipinski definition) is 1. The molecule has 0 aromatic carbocycles. The second kappa shape index (κ2) is 3.78. The second-order valence-corrected chi connectivity index (χ2v) is 5.40. The van der Waals surface area contributed by atoms with Gasteiger partial charge >= 0.3 is 0 Å². The Bertz CT molecular complexity index is 407. The molecule has 5 nitrogen and oxygen atoms in total. The van der Waals surface area contributed by atoms with Crippen molar-refractivity contribution in [2.24, 2.45) is 5.92 Å². The summed E-state index contributed by atoms with van der Waals surface area (Å²) in [5.41, 5.74) is 0. The van der Waals surface area contributed by atoms with Crippen molar-refractivity contribution in [3.63, 3.8) is 0 Å². The highest BCUT2D eigenvalue weighted by atomic mass is 16.5. The molecule has 1 aliphatic carbocycles. The predicted molar refractivity (Wildman–Crippen MR) is 61.7 cm³/mol. The molecule has 2 unspecified atom stereocenters. The smallest absolute Gasteiger partial charge is 0.150 e. The first-order valence-corrected chi connectivity index (χ1v) is 6.67. The van der Waals surface area contributed by atoms with Crippen molar-refractivity contribution in [2.75, 3.05) is 19.8 Å². The highest BCUT2D eigenvalue weighted by Crippen LogP contribution is 2.42. The molecule has 0 amide bonds. The lowest BCUT2D eigenvalue weighted by molar-refractivity contribution is 0.192. The van der Waals surface area contributed by atoms with Gasteiger partial charge in [-0.3, -0.25) is 0 Å². The Hall–Kier alpha value is -0.940. The number of aromatic nitrogens is 3. The van der Waals surface area contributed by atoms with Crippen LogP contribution >= 0.6 is 0 Å². The van der Waals surface area contributed by atoms with Gasteiger partial charge in [-0.05, 0) is 25.2 Å². The maximum atomic E-state index is 5.46. The molecule has 2 fully saturated rings. The third-order valence-electron chi connectivity index (χ3n) is 4.17. The highest BCUT2D eigenvalue weighted by Gasteiger charge is 2.38. The second-order valence-electron chi connectivity index (χ2n) is 5.40. The number of nitrogens with one attached hydrogen (secondary N) is 1. The fourth-order valence-electron chi connectivity index (χ4n) is 3.06. The lowest BCUT2D eigenvalue weighted by Crippen LogP contribution is -2.35. The minimum atomic E-state index is 0.451. The van der Waals surface area contributed by atoms with Crippen molar-refractivity contribution >= 4 is 0 Å². The van der Waals surface area contributed by atoms with Gasteiger partial charge in [0, 0.05) is 25.6 Å². The van der Waals surface area contributed by atoms with Crippen molar-refractivity contribution in [3.05, 3.63) is 11.6 Å². The van der Waals surface area contributed by atoms with Crippen molar-refractivity contribution in [1.29, 1.82) is 0 Å². The Balaban J connectivity index is 1.68. The Labute approximate surface area is 101 Å². The van der Waals surface area contributed by atoms with Gasteiger partial charge in [0.05, 0.1) is 12.6 Å².